The van der Waals surface area contributed by atoms with Gasteiger partial charge < -0.3 is 39.4 Å². The highest BCUT2D eigenvalue weighted by atomic mass is 32.2. The zero-order valence-electron chi connectivity index (χ0n) is 46.1. The predicted octanol–water partition coefficient (Wildman–Crippen LogP) is 5.98. The van der Waals surface area contributed by atoms with Gasteiger partial charge in [-0.3, -0.25) is 19.0 Å². The zero-order valence-corrected chi connectivity index (χ0v) is 47.8. The number of aromatic nitrogens is 6. The van der Waals surface area contributed by atoms with Gasteiger partial charge in [-0.25, -0.2) is 29.0 Å². The number of nitrogens with one attached hydrogen (secondary N) is 4. The number of anilines is 2. The lowest BCUT2D eigenvalue weighted by Crippen LogP contribution is -2.35. The van der Waals surface area contributed by atoms with E-state index >= 15 is 0 Å². The Kier molecular flexibility index (Phi) is 20.0. The molecule has 6 aromatic rings. The van der Waals surface area contributed by atoms with Gasteiger partial charge in [-0.1, -0.05) is 38.1 Å². The van der Waals surface area contributed by atoms with Crippen LogP contribution in [0.4, 0.5) is 21.0 Å². The Morgan fingerprint density at radius 2 is 0.963 bits per heavy atom. The molecule has 4 N–H and O–H groups in total. The molecule has 80 heavy (non-hydrogen) atoms. The third-order valence-corrected chi connectivity index (χ3v) is 15.8. The van der Waals surface area contributed by atoms with Gasteiger partial charge in [-0.15, -0.1) is 0 Å². The summed E-state index contributed by atoms with van der Waals surface area (Å²) >= 11 is 0. The number of benzene rings is 2. The summed E-state index contributed by atoms with van der Waals surface area (Å²) in [4.78, 5) is 63.8. The predicted molar refractivity (Wildman–Crippen MR) is 298 cm³/mol. The maximum absolute atomic E-state index is 13.1. The molecule has 0 saturated heterocycles. The number of amides is 6. The maximum atomic E-state index is 13.1. The number of aryl methyl sites for hydroxylation is 4. The van der Waals surface area contributed by atoms with Crippen molar-refractivity contribution in [2.45, 2.75) is 75.3 Å². The summed E-state index contributed by atoms with van der Waals surface area (Å²) in [5, 5.41) is 12.7. The summed E-state index contributed by atoms with van der Waals surface area (Å²) in [5.41, 5.74) is 8.29. The van der Waals surface area contributed by atoms with Crippen molar-refractivity contribution in [3.8, 4) is 34.0 Å². The number of rotatable bonds is 22. The van der Waals surface area contributed by atoms with Crippen LogP contribution < -0.4 is 29.6 Å². The molecule has 0 saturated carbocycles. The summed E-state index contributed by atoms with van der Waals surface area (Å²) in [6.07, 6.45) is 9.73. The molecule has 0 spiro atoms. The number of fused-ring (bicyclic) bond motifs is 2. The fraction of sp³-hybridized carbons (Fsp3) is 0.407. The van der Waals surface area contributed by atoms with Gasteiger partial charge in [0.05, 0.1) is 38.8 Å². The molecule has 0 aliphatic heterocycles. The van der Waals surface area contributed by atoms with Crippen molar-refractivity contribution < 1.29 is 55.0 Å². The van der Waals surface area contributed by atoms with Crippen molar-refractivity contribution in [3.63, 3.8) is 0 Å². The van der Waals surface area contributed by atoms with Crippen LogP contribution in [0.2, 0.25) is 0 Å². The van der Waals surface area contributed by atoms with Gasteiger partial charge >= 0.3 is 12.1 Å². The van der Waals surface area contributed by atoms with Crippen molar-refractivity contribution in [1.29, 1.82) is 0 Å². The Balaban J connectivity index is 0.000000231. The fourth-order valence-electron chi connectivity index (χ4n) is 9.54. The summed E-state index contributed by atoms with van der Waals surface area (Å²) in [7, 11) is 0.300. The van der Waals surface area contributed by atoms with E-state index in [0.717, 1.165) is 84.7 Å². The van der Waals surface area contributed by atoms with Gasteiger partial charge in [0.15, 0.2) is 10.1 Å². The Bertz CT molecular complexity index is 3230. The first kappa shape index (κ1) is 59.7. The fourth-order valence-corrected chi connectivity index (χ4v) is 11.3. The molecule has 6 amide bonds. The Labute approximate surface area is 465 Å². The minimum atomic E-state index is -4.39. The number of carbonyl (C=O) groups is 4. The number of sulfonamides is 2. The van der Waals surface area contributed by atoms with E-state index in [1.165, 1.54) is 49.8 Å². The van der Waals surface area contributed by atoms with E-state index in [4.69, 9.17) is 18.9 Å². The average Bonchev–Trinajstić information content (AvgIpc) is 4.36. The normalized spacial score (nSPS) is 12.6. The van der Waals surface area contributed by atoms with Crippen LogP contribution in [0, 0.1) is 0 Å². The summed E-state index contributed by atoms with van der Waals surface area (Å²) in [5.74, 6) is 0.0709. The van der Waals surface area contributed by atoms with Crippen LogP contribution in [0.25, 0.3) is 22.3 Å². The molecule has 8 rings (SSSR count). The smallest absolute Gasteiger partial charge is 0.333 e. The summed E-state index contributed by atoms with van der Waals surface area (Å²) in [6, 6.07) is 15.4. The highest BCUT2D eigenvalue weighted by molar-refractivity contribution is 7.90. The van der Waals surface area contributed by atoms with Gasteiger partial charge in [-0.2, -0.15) is 27.0 Å². The molecule has 24 nitrogen and oxygen atoms in total. The molecule has 0 bridgehead atoms. The third kappa shape index (κ3) is 14.1. The number of hydrogen-bond acceptors (Lipinski definition) is 16. The van der Waals surface area contributed by atoms with Crippen LogP contribution in [-0.4, -0.2) is 148 Å². The van der Waals surface area contributed by atoms with Crippen LogP contribution >= 0.6 is 0 Å². The Morgan fingerprint density at radius 3 is 1.32 bits per heavy atom. The molecule has 2 aromatic carbocycles. The lowest BCUT2D eigenvalue weighted by molar-refractivity contribution is 0.0679. The molecule has 26 heteroatoms. The van der Waals surface area contributed by atoms with Crippen LogP contribution in [0.1, 0.15) is 82.8 Å². The van der Waals surface area contributed by atoms with E-state index in [2.05, 4.69) is 30.8 Å². The van der Waals surface area contributed by atoms with Crippen molar-refractivity contribution >= 4 is 55.3 Å². The second-order valence-corrected chi connectivity index (χ2v) is 22.1. The molecule has 2 aliphatic carbocycles. The number of carbonyl (C=O) groups excluding carboxylic acids is 4. The quantitative estimate of drug-likeness (QED) is 0.0608. The van der Waals surface area contributed by atoms with Crippen molar-refractivity contribution in [3.05, 3.63) is 107 Å². The molecule has 2 aliphatic rings. The summed E-state index contributed by atoms with van der Waals surface area (Å²) < 4.78 is 79.7. The first-order chi connectivity index (χ1) is 38.4. The number of nitrogens with zero attached hydrogens (tertiary/aromatic N) is 8. The average molecular weight is 1140 g/mol. The van der Waals surface area contributed by atoms with E-state index in [-0.39, 0.29) is 23.2 Å². The maximum Gasteiger partial charge on any atom is 0.333 e. The van der Waals surface area contributed by atoms with Crippen LogP contribution in [0.5, 0.6) is 11.8 Å². The molecule has 0 fully saturated rings. The second-order valence-electron chi connectivity index (χ2n) is 18.8. The molecule has 0 radical (unpaired) electrons. The molecule has 0 unspecified atom stereocenters. The number of urea groups is 2. The lowest BCUT2D eigenvalue weighted by Gasteiger charge is -2.21. The number of methoxy groups -OCH3 is 4. The minimum Gasteiger partial charge on any atom is -0.481 e. The topological polar surface area (TPSA) is 290 Å². The van der Waals surface area contributed by atoms with E-state index in [1.54, 1.807) is 60.7 Å². The molecular weight excluding hydrogens is 1070 g/mol. The molecule has 4 heterocycles. The minimum absolute atomic E-state index is 0.0835. The molecular formula is C54H68N12O12S2. The molecule has 0 atom stereocenters. The van der Waals surface area contributed by atoms with E-state index in [0.29, 0.717) is 73.7 Å². The first-order valence-electron chi connectivity index (χ1n) is 26.0. The van der Waals surface area contributed by atoms with Crippen LogP contribution in [0.15, 0.2) is 83.1 Å². The van der Waals surface area contributed by atoms with E-state index in [1.807, 2.05) is 47.6 Å². The highest BCUT2D eigenvalue weighted by Gasteiger charge is 2.30. The first-order valence-corrected chi connectivity index (χ1v) is 29.0. The van der Waals surface area contributed by atoms with Gasteiger partial charge in [0.1, 0.15) is 11.4 Å². The highest BCUT2D eigenvalue weighted by Crippen LogP contribution is 2.40. The second kappa shape index (κ2) is 26.8. The van der Waals surface area contributed by atoms with Gasteiger partial charge in [0, 0.05) is 102 Å². The Morgan fingerprint density at radius 1 is 0.562 bits per heavy atom. The molecule has 4 aromatic heterocycles. The number of hydrogen-bond donors (Lipinski definition) is 4. The van der Waals surface area contributed by atoms with E-state index in [9.17, 15) is 36.0 Å². The monoisotopic (exact) mass is 1140 g/mol. The third-order valence-electron chi connectivity index (χ3n) is 13.4. The molecule has 428 valence electrons. The lowest BCUT2D eigenvalue weighted by atomic mass is 9.98. The summed E-state index contributed by atoms with van der Waals surface area (Å²) in [6.45, 7) is 6.21. The van der Waals surface area contributed by atoms with Crippen molar-refractivity contribution in [2.24, 2.45) is 14.1 Å². The largest absolute Gasteiger partial charge is 0.481 e. The van der Waals surface area contributed by atoms with Crippen molar-refractivity contribution in [2.75, 3.05) is 78.5 Å². The van der Waals surface area contributed by atoms with Gasteiger partial charge in [0.25, 0.3) is 31.9 Å². The number of ether oxygens (including phenoxy) is 4. The Hall–Kier alpha value is -7.94. The van der Waals surface area contributed by atoms with Gasteiger partial charge in [-0.05, 0) is 96.9 Å². The SMILES string of the molecule is CCCN(CCOC)C(=O)c1cc(S(=O)(=O)NC(=O)Nc2c(-c3ccnc(OC)c3)ccc3c2CCC3)nn1C.CCCN(CCOC)C(=O)c1cc(S(=O)(=O)NC(=O)Nc2c(-c3ccnc(OC)c3)ccc3c2CCC3)nn1C. The van der Waals surface area contributed by atoms with Crippen LogP contribution in [-0.2, 0) is 69.3 Å². The number of pyridine rings is 2. The van der Waals surface area contributed by atoms with Gasteiger partial charge in [0.2, 0.25) is 11.8 Å². The van der Waals surface area contributed by atoms with Crippen molar-refractivity contribution in [1.82, 2.24) is 48.8 Å². The van der Waals surface area contributed by atoms with E-state index < -0.39 is 42.2 Å². The zero-order chi connectivity index (χ0) is 57.7. The van der Waals surface area contributed by atoms with Crippen LogP contribution in [0.3, 0.4) is 0 Å². The standard InChI is InChI=1S/2C27H34N6O6S/c2*1-5-13-33(14-15-38-3)26(34)22-17-24(30-32(22)2)40(36,37)31-27(35)29-25-20-8-6-7-18(20)9-10-21(25)19-11-12-28-23(16-19)39-4/h2*9-12,16-17H,5-8,13-15H2,1-4H3,(H2,29,31,35).